The molecular weight excluding hydrogens is 393 g/mol. The Kier molecular flexibility index (Phi) is 25.0. The molecule has 0 heterocycles. The van der Waals surface area contributed by atoms with Crippen LogP contribution < -0.4 is 68.9 Å². The van der Waals surface area contributed by atoms with E-state index in [9.17, 15) is 23.9 Å². The van der Waals surface area contributed by atoms with Crippen LogP contribution in [0.1, 0.15) is 84.5 Å². The van der Waals surface area contributed by atoms with Gasteiger partial charge in [-0.1, -0.05) is 51.9 Å². The van der Waals surface area contributed by atoms with Crippen molar-refractivity contribution in [3.8, 4) is 0 Å². The first-order valence-corrected chi connectivity index (χ1v) is 10.6. The molecule has 0 fully saturated rings. The molecule has 0 aromatic rings. The number of carbonyl (C=O) groups excluding carboxylic acids is 2. The fraction of sp³-hybridized carbons (Fsp3) is 0.882. The van der Waals surface area contributed by atoms with Crippen LogP contribution in [0.4, 0.5) is 0 Å². The Morgan fingerprint density at radius 1 is 0.926 bits per heavy atom. The van der Waals surface area contributed by atoms with Crippen molar-refractivity contribution in [2.24, 2.45) is 0 Å². The van der Waals surface area contributed by atoms with Crippen molar-refractivity contribution in [3.05, 3.63) is 0 Å². The van der Waals surface area contributed by atoms with Crippen LogP contribution in [0.25, 0.3) is 0 Å². The molecule has 27 heavy (non-hydrogen) atoms. The molecule has 0 spiro atoms. The molecule has 0 amide bonds. The number of rotatable bonds is 16. The maximum absolute atomic E-state index is 11.8. The summed E-state index contributed by atoms with van der Waals surface area (Å²) >= 11 is 0. The summed E-state index contributed by atoms with van der Waals surface area (Å²) in [6.45, 7) is 3.01. The van der Waals surface area contributed by atoms with Crippen molar-refractivity contribution in [2.45, 2.75) is 90.6 Å². The number of carbonyl (C=O) groups is 2. The van der Waals surface area contributed by atoms with E-state index < -0.39 is 26.5 Å². The van der Waals surface area contributed by atoms with Crippen molar-refractivity contribution < 1.29 is 92.3 Å². The van der Waals surface area contributed by atoms with Crippen LogP contribution >= 0.6 is 7.82 Å². The number of Topliss-reactive ketones (excluding diaryl/α,β-unsaturated/α-hetero) is 1. The Morgan fingerprint density at radius 2 is 1.44 bits per heavy atom. The zero-order valence-corrected chi connectivity index (χ0v) is 22.3. The Morgan fingerprint density at radius 3 is 1.93 bits per heavy atom. The molecule has 1 atom stereocenters. The van der Waals surface area contributed by atoms with Gasteiger partial charge >= 0.3 is 65.1 Å². The third-order valence-electron chi connectivity index (χ3n) is 3.77. The molecule has 0 radical (unpaired) electrons. The Labute approximate surface area is 207 Å². The molecule has 0 unspecified atom stereocenters. The number of ether oxygens (including phenoxy) is 1. The summed E-state index contributed by atoms with van der Waals surface area (Å²) < 4.78 is 19.9. The van der Waals surface area contributed by atoms with Gasteiger partial charge in [0, 0.05) is 12.8 Å². The zero-order chi connectivity index (χ0) is 19.1. The van der Waals surface area contributed by atoms with Gasteiger partial charge in [0.1, 0.15) is 11.9 Å². The number of ketones is 1. The molecule has 0 aromatic carbocycles. The van der Waals surface area contributed by atoms with Gasteiger partial charge in [0.15, 0.2) is 0 Å². The van der Waals surface area contributed by atoms with Crippen molar-refractivity contribution in [2.75, 3.05) is 6.61 Å². The molecule has 0 aliphatic rings. The largest absolute Gasteiger partial charge is 1.00 e. The van der Waals surface area contributed by atoms with Crippen LogP contribution in [-0.2, 0) is 23.4 Å². The summed E-state index contributed by atoms with van der Waals surface area (Å²) in [5.41, 5.74) is 0. The molecule has 0 N–H and O–H groups in total. The average Bonchev–Trinajstić information content (AvgIpc) is 2.51. The van der Waals surface area contributed by atoms with Crippen LogP contribution in [0.2, 0.25) is 0 Å². The van der Waals surface area contributed by atoms with Crippen molar-refractivity contribution in [1.82, 2.24) is 0 Å². The van der Waals surface area contributed by atoms with Crippen molar-refractivity contribution in [1.29, 1.82) is 0 Å². The molecule has 0 aliphatic carbocycles. The van der Waals surface area contributed by atoms with E-state index in [0.29, 0.717) is 6.42 Å². The van der Waals surface area contributed by atoms with Gasteiger partial charge < -0.3 is 28.4 Å². The minimum atomic E-state index is -5.13. The topological polar surface area (TPSA) is 116 Å². The number of esters is 1. The Balaban J connectivity index is -0.00000288. The number of phosphoric ester groups is 1. The molecule has 148 valence electrons. The predicted molar refractivity (Wildman–Crippen MR) is 90.6 cm³/mol. The van der Waals surface area contributed by atoms with Gasteiger partial charge in [-0.2, -0.15) is 0 Å². The van der Waals surface area contributed by atoms with Gasteiger partial charge in [-0.15, -0.1) is 0 Å². The summed E-state index contributed by atoms with van der Waals surface area (Å²) in [4.78, 5) is 43.9. The first-order chi connectivity index (χ1) is 11.7. The molecule has 10 heteroatoms. The molecule has 0 rings (SSSR count). The zero-order valence-electron chi connectivity index (χ0n) is 17.4. The maximum Gasteiger partial charge on any atom is 1.00 e. The summed E-state index contributed by atoms with van der Waals surface area (Å²) in [6, 6.07) is 0. The molecule has 0 aromatic heterocycles. The van der Waals surface area contributed by atoms with Gasteiger partial charge in [-0.05, 0) is 19.8 Å². The predicted octanol–water partition coefficient (Wildman–Crippen LogP) is -3.35. The first-order valence-electron chi connectivity index (χ1n) is 9.10. The maximum atomic E-state index is 11.8. The minimum absolute atomic E-state index is 0. The molecule has 0 bridgehead atoms. The van der Waals surface area contributed by atoms with Crippen LogP contribution in [0.5, 0.6) is 0 Å². The van der Waals surface area contributed by atoms with Crippen molar-refractivity contribution >= 4 is 19.6 Å². The van der Waals surface area contributed by atoms with E-state index in [2.05, 4.69) is 11.4 Å². The Bertz CT molecular complexity index is 430. The molecule has 7 nitrogen and oxygen atoms in total. The fourth-order valence-electron chi connectivity index (χ4n) is 2.36. The van der Waals surface area contributed by atoms with E-state index in [-0.39, 0.29) is 84.2 Å². The summed E-state index contributed by atoms with van der Waals surface area (Å²) in [6.07, 6.45) is 8.41. The second kappa shape index (κ2) is 20.5. The van der Waals surface area contributed by atoms with Gasteiger partial charge in [-0.3, -0.25) is 4.79 Å². The quantitative estimate of drug-likeness (QED) is 0.110. The molecular formula is C17H31Na2O7P. The van der Waals surface area contributed by atoms with E-state index in [1.165, 1.54) is 32.6 Å². The van der Waals surface area contributed by atoms with E-state index in [1.807, 2.05) is 0 Å². The van der Waals surface area contributed by atoms with Crippen LogP contribution in [0.3, 0.4) is 0 Å². The minimum Gasteiger partial charge on any atom is -0.790 e. The number of unbranched alkanes of at least 4 members (excludes halogenated alkanes) is 7. The van der Waals surface area contributed by atoms with E-state index >= 15 is 0 Å². The Hall–Kier alpha value is 1.25. The van der Waals surface area contributed by atoms with E-state index in [1.54, 1.807) is 0 Å². The van der Waals surface area contributed by atoms with Gasteiger partial charge in [-0.25, -0.2) is 0 Å². The SMILES string of the molecule is CCCCCCCCCCC(=O)O[C@@H](CCC(C)=O)COP(=O)([O-])[O-].[Na+].[Na+]. The van der Waals surface area contributed by atoms with Crippen LogP contribution in [-0.4, -0.2) is 24.5 Å². The number of phosphoric acid groups is 1. The van der Waals surface area contributed by atoms with Crippen LogP contribution in [0, 0.1) is 0 Å². The van der Waals surface area contributed by atoms with E-state index in [0.717, 1.165) is 19.3 Å². The summed E-state index contributed by atoms with van der Waals surface area (Å²) in [5.74, 6) is -0.577. The third kappa shape index (κ3) is 25.2. The number of hydrogen-bond acceptors (Lipinski definition) is 7. The normalized spacial score (nSPS) is 11.9. The third-order valence-corrected chi connectivity index (χ3v) is 4.23. The van der Waals surface area contributed by atoms with Gasteiger partial charge in [0.2, 0.25) is 0 Å². The summed E-state index contributed by atoms with van der Waals surface area (Å²) in [7, 11) is -5.13. The van der Waals surface area contributed by atoms with Gasteiger partial charge in [0.05, 0.1) is 14.4 Å². The molecule has 0 saturated carbocycles. The molecule has 0 aliphatic heterocycles. The smallest absolute Gasteiger partial charge is 0.790 e. The first kappa shape index (κ1) is 32.9. The summed E-state index contributed by atoms with van der Waals surface area (Å²) in [5, 5.41) is 0. The second-order valence-corrected chi connectivity index (χ2v) is 7.47. The van der Waals surface area contributed by atoms with Crippen LogP contribution in [0.15, 0.2) is 0 Å². The van der Waals surface area contributed by atoms with E-state index in [4.69, 9.17) is 4.74 Å². The standard InChI is InChI=1S/C17H33O7P.2Na/c1-3-4-5-6-7-8-9-10-11-17(19)24-16(13-12-15(2)18)14-23-25(20,21)22;;/h16H,3-14H2,1-2H3,(H2,20,21,22);;/q;2*+1/p-2/t16-;;/m0../s1. The molecule has 0 saturated heterocycles. The monoisotopic (exact) mass is 424 g/mol. The fourth-order valence-corrected chi connectivity index (χ4v) is 2.71. The average molecular weight is 424 g/mol. The van der Waals surface area contributed by atoms with Gasteiger partial charge in [0.25, 0.3) is 0 Å². The van der Waals surface area contributed by atoms with Crippen molar-refractivity contribution in [3.63, 3.8) is 0 Å². The second-order valence-electron chi connectivity index (χ2n) is 6.32. The number of hydrogen-bond donors (Lipinski definition) is 0.